The molecule has 0 aromatic heterocycles. The molecule has 4 aromatic rings. The Balaban J connectivity index is 1.57. The Bertz CT molecular complexity index is 1750. The van der Waals surface area contributed by atoms with Crippen LogP contribution >= 0.6 is 15.9 Å². The third kappa shape index (κ3) is 9.02. The molecule has 1 saturated carbocycles. The van der Waals surface area contributed by atoms with Crippen LogP contribution in [0.15, 0.2) is 119 Å². The first kappa shape index (κ1) is 34.2. The van der Waals surface area contributed by atoms with Gasteiger partial charge in [-0.05, 0) is 66.4 Å². The van der Waals surface area contributed by atoms with Crippen molar-refractivity contribution >= 4 is 43.5 Å². The third-order valence-corrected chi connectivity index (χ3v) is 10.7. The van der Waals surface area contributed by atoms with Crippen LogP contribution < -0.4 is 14.4 Å². The molecule has 1 aliphatic carbocycles. The Kier molecular flexibility index (Phi) is 11.7. The number of hydrogen-bond donors (Lipinski definition) is 1. The van der Waals surface area contributed by atoms with Crippen molar-refractivity contribution in [1.82, 2.24) is 10.2 Å². The molecule has 0 saturated heterocycles. The predicted molar refractivity (Wildman–Crippen MR) is 188 cm³/mol. The lowest BCUT2D eigenvalue weighted by Crippen LogP contribution is -2.55. The van der Waals surface area contributed by atoms with Crippen LogP contribution in [0.5, 0.6) is 5.75 Å². The highest BCUT2D eigenvalue weighted by Crippen LogP contribution is 2.28. The number of rotatable bonds is 13. The Morgan fingerprint density at radius 1 is 0.851 bits per heavy atom. The van der Waals surface area contributed by atoms with Crippen molar-refractivity contribution in [3.63, 3.8) is 0 Å². The van der Waals surface area contributed by atoms with Gasteiger partial charge in [0.05, 0.1) is 17.7 Å². The van der Waals surface area contributed by atoms with Crippen LogP contribution in [0.3, 0.4) is 0 Å². The number of carbonyl (C=O) groups excluding carboxylic acids is 2. The molecule has 8 nitrogen and oxygen atoms in total. The quantitative estimate of drug-likeness (QED) is 0.165. The van der Waals surface area contributed by atoms with Gasteiger partial charge >= 0.3 is 0 Å². The van der Waals surface area contributed by atoms with Gasteiger partial charge in [-0.2, -0.15) is 0 Å². The maximum Gasteiger partial charge on any atom is 0.264 e. The number of halogens is 1. The van der Waals surface area contributed by atoms with Crippen LogP contribution in [0.2, 0.25) is 0 Å². The molecule has 0 aliphatic heterocycles. The summed E-state index contributed by atoms with van der Waals surface area (Å²) in [6, 6.07) is 30.9. The first-order valence-electron chi connectivity index (χ1n) is 15.8. The van der Waals surface area contributed by atoms with Crippen molar-refractivity contribution in [2.75, 3.05) is 18.0 Å². The molecular formula is C37H40BrN3O5S. The number of ether oxygens (including phenoxy) is 1. The van der Waals surface area contributed by atoms with Crippen LogP contribution in [-0.2, 0) is 32.6 Å². The fourth-order valence-corrected chi connectivity index (χ4v) is 7.76. The molecule has 0 spiro atoms. The predicted octanol–water partition coefficient (Wildman–Crippen LogP) is 6.74. The molecule has 47 heavy (non-hydrogen) atoms. The summed E-state index contributed by atoms with van der Waals surface area (Å²) >= 11 is 3.45. The Morgan fingerprint density at radius 2 is 1.51 bits per heavy atom. The number of sulfonamides is 1. The number of hydrogen-bond acceptors (Lipinski definition) is 5. The molecule has 10 heteroatoms. The van der Waals surface area contributed by atoms with Gasteiger partial charge in [-0.15, -0.1) is 0 Å². The number of amides is 2. The fraction of sp³-hybridized carbons (Fsp3) is 0.297. The van der Waals surface area contributed by atoms with E-state index in [4.69, 9.17) is 4.74 Å². The molecule has 4 aromatic carbocycles. The second-order valence-electron chi connectivity index (χ2n) is 11.7. The van der Waals surface area contributed by atoms with Gasteiger partial charge < -0.3 is 15.0 Å². The average Bonchev–Trinajstić information content (AvgIpc) is 3.10. The van der Waals surface area contributed by atoms with E-state index in [1.165, 1.54) is 17.0 Å². The van der Waals surface area contributed by atoms with Gasteiger partial charge in [0.1, 0.15) is 18.3 Å². The number of nitrogens with zero attached hydrogens (tertiary/aromatic N) is 2. The minimum absolute atomic E-state index is 0.0277. The highest BCUT2D eigenvalue weighted by molar-refractivity contribution is 9.10. The standard InChI is InChI=1S/C37H40BrN3O5S/c1-46-33-20-11-15-29(23-33)26-40(35(24-28-13-5-2-6-14-28)37(43)39-31-17-7-3-8-18-31)36(42)27-41(32-19-12-16-30(38)25-32)47(44,45)34-21-9-4-10-22-34/h2,4-6,9-16,19-23,25,31,35H,3,7-8,17-18,24,26-27H2,1H3,(H,39,43)/t35-/m1/s1. The van der Waals surface area contributed by atoms with Gasteiger partial charge in [0, 0.05) is 23.5 Å². The summed E-state index contributed by atoms with van der Waals surface area (Å²) in [6.45, 7) is -0.441. The van der Waals surface area contributed by atoms with E-state index < -0.39 is 28.5 Å². The van der Waals surface area contributed by atoms with Gasteiger partial charge in [-0.3, -0.25) is 13.9 Å². The zero-order valence-corrected chi connectivity index (χ0v) is 28.8. The van der Waals surface area contributed by atoms with Crippen LogP contribution in [0.4, 0.5) is 5.69 Å². The van der Waals surface area contributed by atoms with Crippen molar-refractivity contribution in [3.8, 4) is 5.75 Å². The van der Waals surface area contributed by atoms with Gasteiger partial charge in [0.2, 0.25) is 11.8 Å². The van der Waals surface area contributed by atoms with Crippen molar-refractivity contribution < 1.29 is 22.7 Å². The van der Waals surface area contributed by atoms with Gasteiger partial charge in [0.25, 0.3) is 10.0 Å². The van der Waals surface area contributed by atoms with Gasteiger partial charge in [0.15, 0.2) is 0 Å². The van der Waals surface area contributed by atoms with E-state index in [9.17, 15) is 18.0 Å². The van der Waals surface area contributed by atoms with E-state index in [0.717, 1.165) is 47.5 Å². The lowest BCUT2D eigenvalue weighted by Gasteiger charge is -2.35. The molecule has 246 valence electrons. The molecule has 1 aliphatic rings. The summed E-state index contributed by atoms with van der Waals surface area (Å²) in [5.41, 5.74) is 1.96. The Hall–Kier alpha value is -4.15. The molecule has 1 atom stereocenters. The van der Waals surface area contributed by atoms with E-state index in [0.29, 0.717) is 15.9 Å². The second-order valence-corrected chi connectivity index (χ2v) is 14.5. The number of anilines is 1. The zero-order valence-electron chi connectivity index (χ0n) is 26.4. The van der Waals surface area contributed by atoms with Crippen LogP contribution in [0, 0.1) is 0 Å². The normalized spacial score (nSPS) is 14.2. The summed E-state index contributed by atoms with van der Waals surface area (Å²) in [6.07, 6.45) is 5.26. The molecule has 0 unspecified atom stereocenters. The number of carbonyl (C=O) groups is 2. The molecule has 2 amide bonds. The average molecular weight is 719 g/mol. The maximum absolute atomic E-state index is 14.7. The molecule has 1 fully saturated rings. The van der Waals surface area contributed by atoms with E-state index >= 15 is 0 Å². The first-order chi connectivity index (χ1) is 22.7. The minimum atomic E-state index is -4.17. The zero-order chi connectivity index (χ0) is 33.2. The highest BCUT2D eigenvalue weighted by atomic mass is 79.9. The van der Waals surface area contributed by atoms with Crippen LogP contribution in [0.1, 0.15) is 43.2 Å². The molecule has 0 radical (unpaired) electrons. The smallest absolute Gasteiger partial charge is 0.264 e. The Labute approximate surface area is 285 Å². The lowest BCUT2D eigenvalue weighted by molar-refractivity contribution is -0.140. The van der Waals surface area contributed by atoms with Crippen molar-refractivity contribution in [1.29, 1.82) is 0 Å². The maximum atomic E-state index is 14.7. The second kappa shape index (κ2) is 16.1. The number of benzene rings is 4. The summed E-state index contributed by atoms with van der Waals surface area (Å²) < 4.78 is 35.5. The summed E-state index contributed by atoms with van der Waals surface area (Å²) in [5.74, 6) is -0.146. The van der Waals surface area contributed by atoms with Crippen molar-refractivity contribution in [3.05, 3.63) is 125 Å². The monoisotopic (exact) mass is 717 g/mol. The largest absolute Gasteiger partial charge is 0.497 e. The summed E-state index contributed by atoms with van der Waals surface area (Å²) in [5, 5.41) is 3.24. The van der Waals surface area contributed by atoms with Gasteiger partial charge in [-0.1, -0.05) is 102 Å². The number of nitrogens with one attached hydrogen (secondary N) is 1. The Morgan fingerprint density at radius 3 is 2.19 bits per heavy atom. The van der Waals surface area contributed by atoms with Crippen molar-refractivity contribution in [2.45, 2.75) is 62.0 Å². The van der Waals surface area contributed by atoms with Crippen LogP contribution in [-0.4, -0.2) is 50.9 Å². The summed E-state index contributed by atoms with van der Waals surface area (Å²) in [4.78, 5) is 30.5. The molecule has 1 N–H and O–H groups in total. The lowest BCUT2D eigenvalue weighted by atomic mass is 9.94. The SMILES string of the molecule is COc1cccc(CN(C(=O)CN(c2cccc(Br)c2)S(=O)(=O)c2ccccc2)[C@H](Cc2ccccc2)C(=O)NC2CCCCC2)c1. The number of methoxy groups -OCH3 is 1. The molecule has 5 rings (SSSR count). The van der Waals surface area contributed by atoms with E-state index in [2.05, 4.69) is 21.2 Å². The van der Waals surface area contributed by atoms with Crippen molar-refractivity contribution in [2.24, 2.45) is 0 Å². The first-order valence-corrected chi connectivity index (χ1v) is 18.1. The van der Waals surface area contributed by atoms with E-state index in [1.807, 2.05) is 54.6 Å². The van der Waals surface area contributed by atoms with E-state index in [-0.39, 0.29) is 29.8 Å². The third-order valence-electron chi connectivity index (χ3n) is 8.42. The fourth-order valence-electron chi connectivity index (χ4n) is 5.95. The topological polar surface area (TPSA) is 96.0 Å². The molecule has 0 heterocycles. The molecular weight excluding hydrogens is 678 g/mol. The van der Waals surface area contributed by atoms with E-state index in [1.54, 1.807) is 49.6 Å². The minimum Gasteiger partial charge on any atom is -0.497 e. The highest BCUT2D eigenvalue weighted by Gasteiger charge is 2.35. The van der Waals surface area contributed by atoms with Crippen LogP contribution in [0.25, 0.3) is 0 Å². The molecule has 0 bridgehead atoms. The van der Waals surface area contributed by atoms with Gasteiger partial charge in [-0.25, -0.2) is 8.42 Å². The summed E-state index contributed by atoms with van der Waals surface area (Å²) in [7, 11) is -2.59.